The molecule has 2 aromatic heterocycles. The van der Waals surface area contributed by atoms with Crippen molar-refractivity contribution < 1.29 is 19.1 Å². The number of aromatic nitrogens is 3. The Hall–Kier alpha value is -3.22. The molecule has 0 aliphatic carbocycles. The van der Waals surface area contributed by atoms with Crippen molar-refractivity contribution in [1.82, 2.24) is 14.6 Å². The van der Waals surface area contributed by atoms with Crippen LogP contribution < -0.4 is 4.74 Å². The van der Waals surface area contributed by atoms with Gasteiger partial charge in [0.2, 0.25) is 0 Å². The summed E-state index contributed by atoms with van der Waals surface area (Å²) < 4.78 is 12.8. The molecule has 7 nitrogen and oxygen atoms in total. The number of Topliss-reactive ketones (excluding diaryl/α,β-unsaturated/α-hetero) is 1. The highest BCUT2D eigenvalue weighted by atomic mass is 16.6. The van der Waals surface area contributed by atoms with E-state index in [1.807, 2.05) is 30.3 Å². The number of carbonyl (C=O) groups is 2. The Morgan fingerprint density at radius 1 is 1.07 bits per heavy atom. The van der Waals surface area contributed by atoms with Gasteiger partial charge in [0.15, 0.2) is 11.4 Å². The van der Waals surface area contributed by atoms with Crippen molar-refractivity contribution in [2.24, 2.45) is 0 Å². The number of carbonyl (C=O) groups excluding carboxylic acids is 2. The standard InChI is InChI=1S/C21H23N3O4/c1-21(2,3)28-18(26)10-9-16(25)19-17(11-12-24-14-22-23-20(19)24)27-13-15-7-5-4-6-8-15/h4-8,11-12,14H,9-10,13H2,1-3H3. The van der Waals surface area contributed by atoms with E-state index in [4.69, 9.17) is 9.47 Å². The van der Waals surface area contributed by atoms with Crippen LogP contribution in [-0.4, -0.2) is 32.0 Å². The average molecular weight is 381 g/mol. The summed E-state index contributed by atoms with van der Waals surface area (Å²) in [5.41, 5.74) is 1.12. The van der Waals surface area contributed by atoms with Gasteiger partial charge in [-0.25, -0.2) is 0 Å². The molecule has 0 aliphatic rings. The molecule has 7 heteroatoms. The van der Waals surface area contributed by atoms with Gasteiger partial charge in [-0.15, -0.1) is 10.2 Å². The number of hydrogen-bond acceptors (Lipinski definition) is 6. The van der Waals surface area contributed by atoms with Gasteiger partial charge in [-0.1, -0.05) is 30.3 Å². The van der Waals surface area contributed by atoms with Crippen LogP contribution in [0.4, 0.5) is 0 Å². The number of pyridine rings is 1. The second-order valence-electron chi connectivity index (χ2n) is 7.40. The van der Waals surface area contributed by atoms with Crippen molar-refractivity contribution in [3.63, 3.8) is 0 Å². The number of ketones is 1. The first-order valence-corrected chi connectivity index (χ1v) is 9.07. The maximum Gasteiger partial charge on any atom is 0.306 e. The first kappa shape index (κ1) is 19.5. The van der Waals surface area contributed by atoms with E-state index in [0.717, 1.165) is 5.56 Å². The molecule has 0 aliphatic heterocycles. The first-order chi connectivity index (χ1) is 13.3. The topological polar surface area (TPSA) is 82.8 Å². The SMILES string of the molecule is CC(C)(C)OC(=O)CCC(=O)c1c(OCc2ccccc2)ccn2cnnc12. The van der Waals surface area contributed by atoms with Crippen molar-refractivity contribution in [3.05, 3.63) is 60.0 Å². The van der Waals surface area contributed by atoms with Crippen LogP contribution >= 0.6 is 0 Å². The fourth-order valence-corrected chi connectivity index (χ4v) is 2.72. The summed E-state index contributed by atoms with van der Waals surface area (Å²) in [5, 5.41) is 7.90. The van der Waals surface area contributed by atoms with Gasteiger partial charge in [-0.2, -0.15) is 0 Å². The molecule has 0 bridgehead atoms. The van der Waals surface area contributed by atoms with Crippen molar-refractivity contribution in [2.45, 2.75) is 45.8 Å². The van der Waals surface area contributed by atoms with E-state index in [1.165, 1.54) is 6.33 Å². The van der Waals surface area contributed by atoms with Crippen molar-refractivity contribution in [1.29, 1.82) is 0 Å². The van der Waals surface area contributed by atoms with Crippen molar-refractivity contribution in [2.75, 3.05) is 0 Å². The molecule has 3 aromatic rings. The minimum Gasteiger partial charge on any atom is -0.488 e. The lowest BCUT2D eigenvalue weighted by Crippen LogP contribution is -2.24. The lowest BCUT2D eigenvalue weighted by atomic mass is 10.1. The molecule has 0 saturated carbocycles. The molecule has 0 unspecified atom stereocenters. The fraction of sp³-hybridized carbons (Fsp3) is 0.333. The van der Waals surface area contributed by atoms with Crippen LogP contribution in [0.3, 0.4) is 0 Å². The molecule has 0 N–H and O–H groups in total. The van der Waals surface area contributed by atoms with Gasteiger partial charge in [-0.05, 0) is 32.4 Å². The Kier molecular flexibility index (Phi) is 5.73. The van der Waals surface area contributed by atoms with E-state index in [2.05, 4.69) is 10.2 Å². The van der Waals surface area contributed by atoms with E-state index in [-0.39, 0.29) is 18.6 Å². The molecule has 146 valence electrons. The smallest absolute Gasteiger partial charge is 0.306 e. The zero-order valence-electron chi connectivity index (χ0n) is 16.2. The van der Waals surface area contributed by atoms with Gasteiger partial charge < -0.3 is 9.47 Å². The molecule has 0 amide bonds. The predicted molar refractivity (Wildman–Crippen MR) is 103 cm³/mol. The maximum absolute atomic E-state index is 12.9. The van der Waals surface area contributed by atoms with Gasteiger partial charge in [0, 0.05) is 12.6 Å². The summed E-state index contributed by atoms with van der Waals surface area (Å²) in [6.07, 6.45) is 3.24. The van der Waals surface area contributed by atoms with E-state index >= 15 is 0 Å². The van der Waals surface area contributed by atoms with Gasteiger partial charge in [0.1, 0.15) is 29.8 Å². The molecule has 1 aromatic carbocycles. The van der Waals surface area contributed by atoms with Gasteiger partial charge in [0.25, 0.3) is 0 Å². The normalized spacial score (nSPS) is 11.4. The summed E-state index contributed by atoms with van der Waals surface area (Å²) >= 11 is 0. The number of ether oxygens (including phenoxy) is 2. The minimum atomic E-state index is -0.586. The van der Waals surface area contributed by atoms with Gasteiger partial charge in [0.05, 0.1) is 6.42 Å². The molecule has 0 saturated heterocycles. The summed E-state index contributed by atoms with van der Waals surface area (Å²) in [6.45, 7) is 5.69. The molecule has 0 atom stereocenters. The molecular formula is C21H23N3O4. The number of nitrogens with zero attached hydrogens (tertiary/aromatic N) is 3. The molecule has 2 heterocycles. The summed E-state index contributed by atoms with van der Waals surface area (Å²) in [6, 6.07) is 11.4. The highest BCUT2D eigenvalue weighted by molar-refractivity contribution is 6.04. The lowest BCUT2D eigenvalue weighted by Gasteiger charge is -2.19. The van der Waals surface area contributed by atoms with Crippen LogP contribution in [-0.2, 0) is 16.1 Å². The largest absolute Gasteiger partial charge is 0.488 e. The van der Waals surface area contributed by atoms with Crippen LogP contribution in [0.2, 0.25) is 0 Å². The van der Waals surface area contributed by atoms with E-state index in [1.54, 1.807) is 37.4 Å². The minimum absolute atomic E-state index is 0.00312. The van der Waals surface area contributed by atoms with E-state index in [9.17, 15) is 9.59 Å². The quantitative estimate of drug-likeness (QED) is 0.459. The first-order valence-electron chi connectivity index (χ1n) is 9.07. The third-order valence-corrected chi connectivity index (χ3v) is 3.92. The zero-order valence-corrected chi connectivity index (χ0v) is 16.2. The van der Waals surface area contributed by atoms with E-state index < -0.39 is 11.6 Å². The second-order valence-corrected chi connectivity index (χ2v) is 7.40. The van der Waals surface area contributed by atoms with Crippen LogP contribution in [0.25, 0.3) is 5.65 Å². The number of esters is 1. The average Bonchev–Trinajstić information content (AvgIpc) is 3.12. The van der Waals surface area contributed by atoms with Crippen LogP contribution in [0, 0.1) is 0 Å². The molecule has 28 heavy (non-hydrogen) atoms. The Labute approximate surface area is 163 Å². The van der Waals surface area contributed by atoms with Crippen LogP contribution in [0.5, 0.6) is 5.75 Å². The van der Waals surface area contributed by atoms with Gasteiger partial charge >= 0.3 is 5.97 Å². The third-order valence-electron chi connectivity index (χ3n) is 3.92. The Morgan fingerprint density at radius 3 is 2.54 bits per heavy atom. The van der Waals surface area contributed by atoms with Gasteiger partial charge in [-0.3, -0.25) is 14.0 Å². The van der Waals surface area contributed by atoms with Crippen LogP contribution in [0.1, 0.15) is 49.5 Å². The zero-order chi connectivity index (χ0) is 20.1. The van der Waals surface area contributed by atoms with Crippen LogP contribution in [0.15, 0.2) is 48.9 Å². The summed E-state index contributed by atoms with van der Waals surface area (Å²) in [5.74, 6) is -0.243. The molecule has 0 radical (unpaired) electrons. The van der Waals surface area contributed by atoms with Crippen molar-refractivity contribution >= 4 is 17.4 Å². The Bertz CT molecular complexity index is 974. The molecule has 0 fully saturated rings. The molecule has 3 rings (SSSR count). The number of benzene rings is 1. The lowest BCUT2D eigenvalue weighted by molar-refractivity contribution is -0.154. The Balaban J connectivity index is 1.78. The highest BCUT2D eigenvalue weighted by Crippen LogP contribution is 2.25. The Morgan fingerprint density at radius 2 is 1.82 bits per heavy atom. The highest BCUT2D eigenvalue weighted by Gasteiger charge is 2.22. The molecular weight excluding hydrogens is 358 g/mol. The maximum atomic E-state index is 12.9. The monoisotopic (exact) mass is 381 g/mol. The predicted octanol–water partition coefficient (Wildman–Crippen LogP) is 3.61. The summed E-state index contributed by atoms with van der Waals surface area (Å²) in [4.78, 5) is 24.9. The fourth-order valence-electron chi connectivity index (χ4n) is 2.72. The summed E-state index contributed by atoms with van der Waals surface area (Å²) in [7, 11) is 0. The second kappa shape index (κ2) is 8.21. The van der Waals surface area contributed by atoms with E-state index in [0.29, 0.717) is 23.6 Å². The number of hydrogen-bond donors (Lipinski definition) is 0. The third kappa shape index (κ3) is 4.94. The number of fused-ring (bicyclic) bond motifs is 1. The molecule has 0 spiro atoms. The van der Waals surface area contributed by atoms with Crippen molar-refractivity contribution in [3.8, 4) is 5.75 Å². The number of rotatable bonds is 7.